The van der Waals surface area contributed by atoms with Crippen molar-refractivity contribution < 1.29 is 5.11 Å². The van der Waals surface area contributed by atoms with Crippen molar-refractivity contribution in [2.75, 3.05) is 14.1 Å². The molecular weight excluding hydrogens is 269 g/mol. The Kier molecular flexibility index (Phi) is 4.22. The first-order valence-corrected chi connectivity index (χ1v) is 7.03. The smallest absolute Gasteiger partial charge is 0.0973 e. The van der Waals surface area contributed by atoms with E-state index in [1.807, 2.05) is 20.2 Å². The Morgan fingerprint density at radius 1 is 1.17 bits per heavy atom. The summed E-state index contributed by atoms with van der Waals surface area (Å²) >= 11 is 12.0. The summed E-state index contributed by atoms with van der Waals surface area (Å²) < 4.78 is 0. The summed E-state index contributed by atoms with van der Waals surface area (Å²) in [5, 5.41) is 11.7. The predicted octanol–water partition coefficient (Wildman–Crippen LogP) is 3.90. The van der Waals surface area contributed by atoms with Crippen LogP contribution in [-0.4, -0.2) is 29.6 Å². The highest BCUT2D eigenvalue weighted by Gasteiger charge is 2.43. The third-order valence-electron chi connectivity index (χ3n) is 4.13. The molecule has 0 bridgehead atoms. The van der Waals surface area contributed by atoms with E-state index in [1.165, 1.54) is 0 Å². The molecule has 0 spiro atoms. The molecule has 1 aromatic carbocycles. The number of benzene rings is 1. The molecule has 1 aliphatic carbocycles. The molecule has 1 N–H and O–H groups in total. The fourth-order valence-electron chi connectivity index (χ4n) is 2.95. The summed E-state index contributed by atoms with van der Waals surface area (Å²) in [5.74, 6) is 0. The maximum atomic E-state index is 10.7. The number of hydrogen-bond donors (Lipinski definition) is 1. The van der Waals surface area contributed by atoms with Crippen molar-refractivity contribution in [3.05, 3.63) is 33.8 Å². The molecule has 0 aliphatic heterocycles. The van der Waals surface area contributed by atoms with Crippen LogP contribution < -0.4 is 0 Å². The summed E-state index contributed by atoms with van der Waals surface area (Å²) in [7, 11) is 4.07. The molecule has 0 radical (unpaired) electrons. The fourth-order valence-corrected chi connectivity index (χ4v) is 3.25. The van der Waals surface area contributed by atoms with Crippen molar-refractivity contribution in [2.45, 2.75) is 37.3 Å². The second-order valence-corrected chi connectivity index (χ2v) is 6.10. The Balaban J connectivity index is 2.33. The molecule has 2 rings (SSSR count). The number of rotatable bonds is 3. The van der Waals surface area contributed by atoms with Gasteiger partial charge in [-0.3, -0.25) is 0 Å². The van der Waals surface area contributed by atoms with Gasteiger partial charge in [-0.25, -0.2) is 0 Å². The highest BCUT2D eigenvalue weighted by molar-refractivity contribution is 6.42. The first-order chi connectivity index (χ1) is 8.47. The number of likely N-dealkylation sites (N-methyl/N-ethyl adjacent to an activating group) is 1. The van der Waals surface area contributed by atoms with Crippen LogP contribution in [0.1, 0.15) is 37.4 Å². The van der Waals surface area contributed by atoms with Gasteiger partial charge in [0.15, 0.2) is 0 Å². The van der Waals surface area contributed by atoms with Gasteiger partial charge >= 0.3 is 0 Å². The lowest BCUT2D eigenvalue weighted by Gasteiger charge is -2.40. The van der Waals surface area contributed by atoms with Gasteiger partial charge in [-0.2, -0.15) is 0 Å². The molecule has 0 amide bonds. The number of aliphatic hydroxyl groups excluding tert-OH is 1. The molecule has 0 aromatic heterocycles. The van der Waals surface area contributed by atoms with Gasteiger partial charge in [0.1, 0.15) is 0 Å². The van der Waals surface area contributed by atoms with Gasteiger partial charge in [-0.1, -0.05) is 42.1 Å². The maximum Gasteiger partial charge on any atom is 0.0973 e. The largest absolute Gasteiger partial charge is 0.386 e. The van der Waals surface area contributed by atoms with Crippen molar-refractivity contribution in [2.24, 2.45) is 0 Å². The lowest BCUT2D eigenvalue weighted by molar-refractivity contribution is -0.00474. The molecule has 1 unspecified atom stereocenters. The topological polar surface area (TPSA) is 23.5 Å². The average Bonchev–Trinajstić information content (AvgIpc) is 2.82. The van der Waals surface area contributed by atoms with Crippen LogP contribution in [0.15, 0.2) is 18.2 Å². The second kappa shape index (κ2) is 5.38. The molecule has 18 heavy (non-hydrogen) atoms. The summed E-state index contributed by atoms with van der Waals surface area (Å²) in [5.41, 5.74) is 0.678. The number of halogens is 2. The van der Waals surface area contributed by atoms with E-state index < -0.39 is 6.10 Å². The van der Waals surface area contributed by atoms with Crippen LogP contribution in [0.5, 0.6) is 0 Å². The minimum atomic E-state index is -0.523. The standard InChI is InChI=1S/C14H19Cl2NO/c1-17(2)14(7-3-4-8-14)13(18)10-5-6-11(15)12(16)9-10/h5-6,9,13,18H,3-4,7-8H2,1-2H3. The average molecular weight is 288 g/mol. The van der Waals surface area contributed by atoms with Crippen LogP contribution in [0.4, 0.5) is 0 Å². The van der Waals surface area contributed by atoms with Crippen LogP contribution in [0.2, 0.25) is 10.0 Å². The van der Waals surface area contributed by atoms with Crippen LogP contribution in [0, 0.1) is 0 Å². The van der Waals surface area contributed by atoms with Gasteiger partial charge in [0.25, 0.3) is 0 Å². The summed E-state index contributed by atoms with van der Waals surface area (Å²) in [4.78, 5) is 2.15. The molecule has 0 heterocycles. The monoisotopic (exact) mass is 287 g/mol. The van der Waals surface area contributed by atoms with Crippen molar-refractivity contribution in [3.8, 4) is 0 Å². The van der Waals surface area contributed by atoms with Crippen LogP contribution in [-0.2, 0) is 0 Å². The zero-order valence-corrected chi connectivity index (χ0v) is 12.3. The number of nitrogens with zero attached hydrogens (tertiary/aromatic N) is 1. The molecule has 1 atom stereocenters. The Morgan fingerprint density at radius 3 is 2.28 bits per heavy atom. The Hall–Kier alpha value is -0.280. The second-order valence-electron chi connectivity index (χ2n) is 5.28. The Morgan fingerprint density at radius 2 is 1.78 bits per heavy atom. The third-order valence-corrected chi connectivity index (χ3v) is 4.87. The van der Waals surface area contributed by atoms with Gasteiger partial charge < -0.3 is 10.0 Å². The highest BCUT2D eigenvalue weighted by atomic mass is 35.5. The molecule has 2 nitrogen and oxygen atoms in total. The zero-order valence-electron chi connectivity index (χ0n) is 10.8. The van der Waals surface area contributed by atoms with Crippen LogP contribution >= 0.6 is 23.2 Å². The minimum Gasteiger partial charge on any atom is -0.386 e. The number of hydrogen-bond acceptors (Lipinski definition) is 2. The Bertz CT molecular complexity index is 428. The van der Waals surface area contributed by atoms with Gasteiger partial charge in [0.2, 0.25) is 0 Å². The van der Waals surface area contributed by atoms with Crippen molar-refractivity contribution >= 4 is 23.2 Å². The zero-order chi connectivity index (χ0) is 13.3. The van der Waals surface area contributed by atoms with E-state index in [0.29, 0.717) is 10.0 Å². The van der Waals surface area contributed by atoms with E-state index in [4.69, 9.17) is 23.2 Å². The SMILES string of the molecule is CN(C)C1(C(O)c2ccc(Cl)c(Cl)c2)CCCC1. The molecule has 100 valence electrons. The fraction of sp³-hybridized carbons (Fsp3) is 0.571. The molecule has 0 saturated heterocycles. The van der Waals surface area contributed by atoms with E-state index in [0.717, 1.165) is 31.2 Å². The van der Waals surface area contributed by atoms with Crippen LogP contribution in [0.3, 0.4) is 0 Å². The maximum absolute atomic E-state index is 10.7. The summed E-state index contributed by atoms with van der Waals surface area (Å²) in [6.45, 7) is 0. The third kappa shape index (κ3) is 2.39. The van der Waals surface area contributed by atoms with Gasteiger partial charge in [-0.15, -0.1) is 0 Å². The van der Waals surface area contributed by atoms with E-state index >= 15 is 0 Å². The first-order valence-electron chi connectivity index (χ1n) is 6.28. The van der Waals surface area contributed by atoms with Gasteiger partial charge in [-0.05, 0) is 44.6 Å². The van der Waals surface area contributed by atoms with Gasteiger partial charge in [0.05, 0.1) is 21.7 Å². The lowest BCUT2D eigenvalue weighted by atomic mass is 9.85. The van der Waals surface area contributed by atoms with E-state index in [9.17, 15) is 5.11 Å². The van der Waals surface area contributed by atoms with Crippen molar-refractivity contribution in [3.63, 3.8) is 0 Å². The van der Waals surface area contributed by atoms with E-state index in [-0.39, 0.29) is 5.54 Å². The minimum absolute atomic E-state index is 0.169. The van der Waals surface area contributed by atoms with E-state index in [2.05, 4.69) is 4.90 Å². The van der Waals surface area contributed by atoms with Crippen molar-refractivity contribution in [1.29, 1.82) is 0 Å². The van der Waals surface area contributed by atoms with Crippen LogP contribution in [0.25, 0.3) is 0 Å². The predicted molar refractivity (Wildman–Crippen MR) is 76.3 cm³/mol. The highest BCUT2D eigenvalue weighted by Crippen LogP contribution is 2.44. The molecule has 1 fully saturated rings. The van der Waals surface area contributed by atoms with Crippen molar-refractivity contribution in [1.82, 2.24) is 4.90 Å². The normalized spacial score (nSPS) is 20.3. The Labute approximate surface area is 119 Å². The molecular formula is C14H19Cl2NO. The summed E-state index contributed by atoms with van der Waals surface area (Å²) in [6, 6.07) is 5.39. The van der Waals surface area contributed by atoms with E-state index in [1.54, 1.807) is 12.1 Å². The summed E-state index contributed by atoms with van der Waals surface area (Å²) in [6.07, 6.45) is 3.83. The molecule has 1 saturated carbocycles. The lowest BCUT2D eigenvalue weighted by Crippen LogP contribution is -2.47. The molecule has 1 aliphatic rings. The molecule has 1 aromatic rings. The first kappa shape index (κ1) is 14.1. The quantitative estimate of drug-likeness (QED) is 0.911. The molecule has 4 heteroatoms. The number of aliphatic hydroxyl groups is 1. The van der Waals surface area contributed by atoms with Gasteiger partial charge in [0, 0.05) is 0 Å².